The molecule has 9 heavy (non-hydrogen) atoms. The molecule has 0 saturated carbocycles. The maximum absolute atomic E-state index is 4.99. The van der Waals surface area contributed by atoms with Crippen molar-refractivity contribution < 1.29 is 4.74 Å². The van der Waals surface area contributed by atoms with E-state index in [0.717, 1.165) is 0 Å². The molecule has 0 aliphatic carbocycles. The summed E-state index contributed by atoms with van der Waals surface area (Å²) < 4.78 is 4.86. The van der Waals surface area contributed by atoms with Crippen molar-refractivity contribution in [1.82, 2.24) is 5.43 Å². The number of allylic oxidation sites excluding steroid dienone is 2. The van der Waals surface area contributed by atoms with Gasteiger partial charge in [-0.3, -0.25) is 5.84 Å². The lowest BCUT2D eigenvalue weighted by Crippen LogP contribution is -2.14. The van der Waals surface area contributed by atoms with E-state index < -0.39 is 0 Å². The molecule has 0 atom stereocenters. The zero-order valence-electron chi connectivity index (χ0n) is 5.72. The van der Waals surface area contributed by atoms with E-state index in [4.69, 9.17) is 10.6 Å². The smallest absolute Gasteiger partial charge is 0.135 e. The molecule has 0 radical (unpaired) electrons. The lowest BCUT2D eigenvalue weighted by atomic mass is 10.4. The molecule has 0 aromatic heterocycles. The summed E-state index contributed by atoms with van der Waals surface area (Å²) in [5.41, 5.74) is 2.37. The van der Waals surface area contributed by atoms with Crippen LogP contribution in [0.4, 0.5) is 0 Å². The normalized spacial score (nSPS) is 12.1. The summed E-state index contributed by atoms with van der Waals surface area (Å²) in [6.45, 7) is 1.91. The highest BCUT2D eigenvalue weighted by Gasteiger charge is 1.82. The number of methoxy groups -OCH3 is 1. The molecular weight excluding hydrogens is 116 g/mol. The number of hydrogen-bond donors (Lipinski definition) is 2. The zero-order valence-corrected chi connectivity index (χ0v) is 5.72. The van der Waals surface area contributed by atoms with Gasteiger partial charge in [-0.05, 0) is 13.0 Å². The van der Waals surface area contributed by atoms with Crippen molar-refractivity contribution in [3.63, 3.8) is 0 Å². The predicted octanol–water partition coefficient (Wildman–Crippen LogP) is 0.514. The summed E-state index contributed by atoms with van der Waals surface area (Å²) in [6, 6.07) is 0. The average Bonchev–Trinajstić information content (AvgIpc) is 1.88. The van der Waals surface area contributed by atoms with Crippen LogP contribution >= 0.6 is 0 Å². The van der Waals surface area contributed by atoms with Gasteiger partial charge in [-0.2, -0.15) is 0 Å². The highest BCUT2D eigenvalue weighted by molar-refractivity contribution is 5.09. The second-order valence-corrected chi connectivity index (χ2v) is 1.42. The van der Waals surface area contributed by atoms with Gasteiger partial charge in [0, 0.05) is 0 Å². The highest BCUT2D eigenvalue weighted by Crippen LogP contribution is 1.93. The van der Waals surface area contributed by atoms with Gasteiger partial charge < -0.3 is 10.2 Å². The Balaban J connectivity index is 3.81. The Labute approximate surface area is 55.2 Å². The molecule has 0 saturated heterocycles. The number of rotatable bonds is 3. The molecule has 52 valence electrons. The summed E-state index contributed by atoms with van der Waals surface area (Å²) in [4.78, 5) is 0. The van der Waals surface area contributed by atoms with Crippen LogP contribution in [0, 0.1) is 0 Å². The van der Waals surface area contributed by atoms with Gasteiger partial charge in [0.25, 0.3) is 0 Å². The number of nitrogens with one attached hydrogen (secondary N) is 1. The lowest BCUT2D eigenvalue weighted by Gasteiger charge is -1.97. The number of hydrazine groups is 1. The van der Waals surface area contributed by atoms with Crippen LogP contribution < -0.4 is 11.3 Å². The van der Waals surface area contributed by atoms with Crippen LogP contribution in [0.1, 0.15) is 6.92 Å². The molecule has 0 unspecified atom stereocenters. The molecule has 0 fully saturated rings. The first kappa shape index (κ1) is 8.04. The predicted molar refractivity (Wildman–Crippen MR) is 37.2 cm³/mol. The van der Waals surface area contributed by atoms with Crippen LogP contribution in [0.25, 0.3) is 0 Å². The van der Waals surface area contributed by atoms with Crippen LogP contribution in [0.5, 0.6) is 0 Å². The van der Waals surface area contributed by atoms with Crippen LogP contribution in [-0.4, -0.2) is 7.11 Å². The van der Waals surface area contributed by atoms with E-state index in [1.54, 1.807) is 19.4 Å². The van der Waals surface area contributed by atoms with E-state index >= 15 is 0 Å². The Morgan fingerprint density at radius 1 is 1.67 bits per heavy atom. The third-order valence-electron chi connectivity index (χ3n) is 0.792. The number of hydrogen-bond acceptors (Lipinski definition) is 3. The average molecular weight is 128 g/mol. The molecule has 0 amide bonds. The van der Waals surface area contributed by atoms with Crippen molar-refractivity contribution in [3.05, 3.63) is 24.1 Å². The highest BCUT2D eigenvalue weighted by atomic mass is 16.5. The SMILES string of the molecule is C/C=C/C(=C\NN)OC. The first-order chi connectivity index (χ1) is 4.35. The van der Waals surface area contributed by atoms with Crippen LogP contribution in [-0.2, 0) is 4.74 Å². The third kappa shape index (κ3) is 3.61. The van der Waals surface area contributed by atoms with Gasteiger partial charge in [-0.25, -0.2) is 0 Å². The summed E-state index contributed by atoms with van der Waals surface area (Å²) >= 11 is 0. The van der Waals surface area contributed by atoms with E-state index in [9.17, 15) is 0 Å². The van der Waals surface area contributed by atoms with E-state index in [0.29, 0.717) is 5.76 Å². The maximum Gasteiger partial charge on any atom is 0.135 e. The molecule has 0 bridgehead atoms. The van der Waals surface area contributed by atoms with Crippen LogP contribution in [0.3, 0.4) is 0 Å². The second-order valence-electron chi connectivity index (χ2n) is 1.42. The summed E-state index contributed by atoms with van der Waals surface area (Å²) in [6.07, 6.45) is 5.24. The van der Waals surface area contributed by atoms with Gasteiger partial charge in [0.1, 0.15) is 5.76 Å². The molecule has 0 heterocycles. The van der Waals surface area contributed by atoms with E-state index in [-0.39, 0.29) is 0 Å². The minimum Gasteiger partial charge on any atom is -0.495 e. The lowest BCUT2D eigenvalue weighted by molar-refractivity contribution is 0.304. The molecule has 0 aromatic rings. The molecule has 3 nitrogen and oxygen atoms in total. The molecule has 0 aromatic carbocycles. The fraction of sp³-hybridized carbons (Fsp3) is 0.333. The minimum absolute atomic E-state index is 0.708. The topological polar surface area (TPSA) is 47.3 Å². The standard InChI is InChI=1S/C6H12N2O/c1-3-4-6(9-2)5-8-7/h3-5,8H,7H2,1-2H3/b4-3+,6-5+. The van der Waals surface area contributed by atoms with Crippen molar-refractivity contribution in [2.24, 2.45) is 5.84 Å². The Hall–Kier alpha value is -0.960. The minimum atomic E-state index is 0.708. The summed E-state index contributed by atoms with van der Waals surface area (Å²) in [5.74, 6) is 5.70. The third-order valence-corrected chi connectivity index (χ3v) is 0.792. The van der Waals surface area contributed by atoms with Crippen molar-refractivity contribution in [1.29, 1.82) is 0 Å². The number of nitrogens with two attached hydrogens (primary N) is 1. The molecular formula is C6H12N2O. The second kappa shape index (κ2) is 5.18. The molecule has 3 N–H and O–H groups in total. The van der Waals surface area contributed by atoms with Crippen molar-refractivity contribution in [2.45, 2.75) is 6.92 Å². The quantitative estimate of drug-likeness (QED) is 0.252. The Bertz CT molecular complexity index is 118. The molecule has 0 spiro atoms. The van der Waals surface area contributed by atoms with Crippen molar-refractivity contribution in [3.8, 4) is 0 Å². The fourth-order valence-electron chi connectivity index (χ4n) is 0.421. The van der Waals surface area contributed by atoms with Gasteiger partial charge in [0.2, 0.25) is 0 Å². The molecule has 0 aliphatic rings. The largest absolute Gasteiger partial charge is 0.495 e. The van der Waals surface area contributed by atoms with Gasteiger partial charge in [-0.15, -0.1) is 0 Å². The maximum atomic E-state index is 4.99. The van der Waals surface area contributed by atoms with Gasteiger partial charge >= 0.3 is 0 Å². The van der Waals surface area contributed by atoms with Crippen molar-refractivity contribution >= 4 is 0 Å². The first-order valence-corrected chi connectivity index (χ1v) is 2.68. The Kier molecular flexibility index (Phi) is 4.63. The van der Waals surface area contributed by atoms with Gasteiger partial charge in [-0.1, -0.05) is 6.08 Å². The number of ether oxygens (including phenoxy) is 1. The van der Waals surface area contributed by atoms with Crippen LogP contribution in [0.15, 0.2) is 24.1 Å². The van der Waals surface area contributed by atoms with Gasteiger partial charge in [0.15, 0.2) is 0 Å². The summed E-state index contributed by atoms with van der Waals surface area (Å²) in [7, 11) is 1.59. The zero-order chi connectivity index (χ0) is 7.11. The summed E-state index contributed by atoms with van der Waals surface area (Å²) in [5, 5.41) is 0. The fourth-order valence-corrected chi connectivity index (χ4v) is 0.421. The Morgan fingerprint density at radius 2 is 2.33 bits per heavy atom. The first-order valence-electron chi connectivity index (χ1n) is 2.68. The van der Waals surface area contributed by atoms with E-state index in [1.807, 2.05) is 13.0 Å². The van der Waals surface area contributed by atoms with Gasteiger partial charge in [0.05, 0.1) is 13.3 Å². The van der Waals surface area contributed by atoms with E-state index in [1.165, 1.54) is 0 Å². The van der Waals surface area contributed by atoms with E-state index in [2.05, 4.69) is 5.43 Å². The Morgan fingerprint density at radius 3 is 2.67 bits per heavy atom. The molecule has 3 heteroatoms. The molecule has 0 rings (SSSR count). The molecule has 0 aliphatic heterocycles. The van der Waals surface area contributed by atoms with Crippen LogP contribution in [0.2, 0.25) is 0 Å². The monoisotopic (exact) mass is 128 g/mol. The van der Waals surface area contributed by atoms with Crippen molar-refractivity contribution in [2.75, 3.05) is 7.11 Å².